The van der Waals surface area contributed by atoms with Crippen molar-refractivity contribution in [2.24, 2.45) is 0 Å². The number of benzene rings is 1. The topological polar surface area (TPSA) is 104 Å². The van der Waals surface area contributed by atoms with Crippen molar-refractivity contribution in [1.82, 2.24) is 0 Å². The van der Waals surface area contributed by atoms with E-state index in [2.05, 4.69) is 0 Å². The van der Waals surface area contributed by atoms with Gasteiger partial charge in [0.15, 0.2) is 0 Å². The molecule has 0 radical (unpaired) electrons. The molecule has 0 saturated heterocycles. The number of carbonyl (C=O) groups is 1. The van der Waals surface area contributed by atoms with Crippen molar-refractivity contribution in [2.75, 3.05) is 5.73 Å². The van der Waals surface area contributed by atoms with Gasteiger partial charge in [0.25, 0.3) is 0 Å². The summed E-state index contributed by atoms with van der Waals surface area (Å²) in [5.74, 6) is -1.11. The lowest BCUT2D eigenvalue weighted by Crippen LogP contribution is -2.32. The van der Waals surface area contributed by atoms with E-state index < -0.39 is 13.1 Å². The maximum Gasteiger partial charge on any atom is 0.489 e. The van der Waals surface area contributed by atoms with Crippen LogP contribution in [0.2, 0.25) is 0 Å². The van der Waals surface area contributed by atoms with Crippen molar-refractivity contribution in [1.29, 1.82) is 0 Å². The standard InChI is InChI=1S/C9H10BNO4/c11-7-2-3-8(10(14)15)6(5-7)1-4-9(12)13/h1-5,14-15H,11H2,(H,12,13)/b4-1+. The zero-order chi connectivity index (χ0) is 11.4. The first-order valence-corrected chi connectivity index (χ1v) is 4.17. The molecule has 1 aromatic rings. The maximum atomic E-state index is 10.3. The summed E-state index contributed by atoms with van der Waals surface area (Å²) in [6.45, 7) is 0. The summed E-state index contributed by atoms with van der Waals surface area (Å²) in [4.78, 5) is 10.3. The molecular weight excluding hydrogens is 197 g/mol. The average molecular weight is 207 g/mol. The summed E-state index contributed by atoms with van der Waals surface area (Å²) in [6.07, 6.45) is 2.16. The molecule has 0 saturated carbocycles. The zero-order valence-corrected chi connectivity index (χ0v) is 7.79. The Hall–Kier alpha value is -1.79. The fourth-order valence-corrected chi connectivity index (χ4v) is 1.13. The van der Waals surface area contributed by atoms with Gasteiger partial charge in [-0.2, -0.15) is 0 Å². The lowest BCUT2D eigenvalue weighted by molar-refractivity contribution is -0.131. The Morgan fingerprint density at radius 3 is 2.60 bits per heavy atom. The van der Waals surface area contributed by atoms with Crippen molar-refractivity contribution in [2.45, 2.75) is 0 Å². The number of aliphatic carboxylic acids is 1. The van der Waals surface area contributed by atoms with Crippen LogP contribution in [0.5, 0.6) is 0 Å². The number of carboxylic acid groups (broad SMARTS) is 1. The third kappa shape index (κ3) is 3.12. The van der Waals surface area contributed by atoms with E-state index in [9.17, 15) is 4.79 Å². The molecule has 0 fully saturated rings. The van der Waals surface area contributed by atoms with Crippen molar-refractivity contribution in [3.05, 3.63) is 29.8 Å². The van der Waals surface area contributed by atoms with Crippen LogP contribution in [0.4, 0.5) is 5.69 Å². The lowest BCUT2D eigenvalue weighted by atomic mass is 9.77. The van der Waals surface area contributed by atoms with Gasteiger partial charge in [0.1, 0.15) is 0 Å². The molecule has 0 aliphatic heterocycles. The van der Waals surface area contributed by atoms with E-state index in [-0.39, 0.29) is 5.46 Å². The SMILES string of the molecule is Nc1ccc(B(O)O)c(/C=C/C(=O)O)c1. The molecule has 0 spiro atoms. The van der Waals surface area contributed by atoms with Crippen LogP contribution in [0.3, 0.4) is 0 Å². The van der Waals surface area contributed by atoms with Crippen molar-refractivity contribution in [3.8, 4) is 0 Å². The van der Waals surface area contributed by atoms with Gasteiger partial charge in [0.2, 0.25) is 0 Å². The summed E-state index contributed by atoms with van der Waals surface area (Å²) in [6, 6.07) is 4.41. The smallest absolute Gasteiger partial charge is 0.478 e. The molecule has 0 heterocycles. The van der Waals surface area contributed by atoms with Crippen molar-refractivity contribution in [3.63, 3.8) is 0 Å². The fourth-order valence-electron chi connectivity index (χ4n) is 1.13. The number of rotatable bonds is 3. The summed E-state index contributed by atoms with van der Waals surface area (Å²) in [5.41, 5.74) is 6.49. The summed E-state index contributed by atoms with van der Waals surface area (Å²) in [7, 11) is -1.65. The number of hydrogen-bond acceptors (Lipinski definition) is 4. The van der Waals surface area contributed by atoms with E-state index in [0.717, 1.165) is 6.08 Å². The Morgan fingerprint density at radius 2 is 2.07 bits per heavy atom. The molecule has 78 valence electrons. The Morgan fingerprint density at radius 1 is 1.40 bits per heavy atom. The average Bonchev–Trinajstić information content (AvgIpc) is 2.14. The molecule has 0 atom stereocenters. The number of hydrogen-bond donors (Lipinski definition) is 4. The van der Waals surface area contributed by atoms with Gasteiger partial charge in [-0.25, -0.2) is 4.79 Å². The molecule has 15 heavy (non-hydrogen) atoms. The normalized spacial score (nSPS) is 10.5. The molecule has 0 aromatic heterocycles. The molecular formula is C9H10BNO4. The van der Waals surface area contributed by atoms with Crippen LogP contribution in [0.15, 0.2) is 24.3 Å². The second-order valence-electron chi connectivity index (χ2n) is 2.93. The predicted molar refractivity (Wildman–Crippen MR) is 57.3 cm³/mol. The van der Waals surface area contributed by atoms with E-state index in [1.54, 1.807) is 0 Å². The number of nitrogens with two attached hydrogens (primary N) is 1. The van der Waals surface area contributed by atoms with Gasteiger partial charge in [0.05, 0.1) is 0 Å². The molecule has 6 heteroatoms. The van der Waals surface area contributed by atoms with Gasteiger partial charge >= 0.3 is 13.1 Å². The van der Waals surface area contributed by atoms with Crippen LogP contribution in [0.25, 0.3) is 6.08 Å². The highest BCUT2D eigenvalue weighted by Crippen LogP contribution is 2.07. The Labute approximate surface area is 86.6 Å². The Kier molecular flexibility index (Phi) is 3.49. The number of nitrogen functional groups attached to an aromatic ring is 1. The van der Waals surface area contributed by atoms with Crippen LogP contribution in [0.1, 0.15) is 5.56 Å². The van der Waals surface area contributed by atoms with Crippen molar-refractivity contribution >= 4 is 30.3 Å². The quantitative estimate of drug-likeness (QED) is 0.290. The van der Waals surface area contributed by atoms with Crippen LogP contribution in [0, 0.1) is 0 Å². The number of anilines is 1. The van der Waals surface area contributed by atoms with Crippen molar-refractivity contribution < 1.29 is 19.9 Å². The van der Waals surface area contributed by atoms with E-state index >= 15 is 0 Å². The molecule has 0 aliphatic carbocycles. The largest absolute Gasteiger partial charge is 0.489 e. The molecule has 0 unspecified atom stereocenters. The zero-order valence-electron chi connectivity index (χ0n) is 7.79. The first kappa shape index (κ1) is 11.3. The van der Waals surface area contributed by atoms with Gasteiger partial charge < -0.3 is 20.9 Å². The first-order chi connectivity index (χ1) is 7.00. The van der Waals surface area contributed by atoms with Crippen LogP contribution >= 0.6 is 0 Å². The summed E-state index contributed by atoms with van der Waals surface area (Å²) in [5, 5.41) is 26.4. The van der Waals surface area contributed by atoms with Gasteiger partial charge in [-0.1, -0.05) is 6.07 Å². The minimum Gasteiger partial charge on any atom is -0.478 e. The monoisotopic (exact) mass is 207 g/mol. The van der Waals surface area contributed by atoms with E-state index in [4.69, 9.17) is 20.9 Å². The highest BCUT2D eigenvalue weighted by Gasteiger charge is 2.14. The fraction of sp³-hybridized carbons (Fsp3) is 0. The number of carboxylic acids is 1. The van der Waals surface area contributed by atoms with Gasteiger partial charge in [-0.05, 0) is 29.2 Å². The molecule has 0 amide bonds. The molecule has 1 aromatic carbocycles. The summed E-state index contributed by atoms with van der Waals surface area (Å²) >= 11 is 0. The molecule has 0 aliphatic rings. The van der Waals surface area contributed by atoms with Crippen LogP contribution in [-0.4, -0.2) is 28.2 Å². The third-order valence-corrected chi connectivity index (χ3v) is 1.79. The highest BCUT2D eigenvalue weighted by molar-refractivity contribution is 6.59. The minimum atomic E-state index is -1.65. The lowest BCUT2D eigenvalue weighted by Gasteiger charge is -2.05. The van der Waals surface area contributed by atoms with E-state index in [1.165, 1.54) is 24.3 Å². The van der Waals surface area contributed by atoms with Gasteiger partial charge in [0, 0.05) is 11.8 Å². The molecule has 1 rings (SSSR count). The second-order valence-corrected chi connectivity index (χ2v) is 2.93. The Balaban J connectivity index is 3.13. The minimum absolute atomic E-state index is 0.210. The summed E-state index contributed by atoms with van der Waals surface area (Å²) < 4.78 is 0. The molecule has 5 nitrogen and oxygen atoms in total. The Bertz CT molecular complexity index is 403. The molecule has 5 N–H and O–H groups in total. The van der Waals surface area contributed by atoms with Gasteiger partial charge in [-0.3, -0.25) is 0 Å². The van der Waals surface area contributed by atoms with Gasteiger partial charge in [-0.15, -0.1) is 0 Å². The van der Waals surface area contributed by atoms with E-state index in [1.807, 2.05) is 0 Å². The predicted octanol–water partition coefficient (Wildman–Crippen LogP) is -0.954. The first-order valence-electron chi connectivity index (χ1n) is 4.17. The molecule has 0 bridgehead atoms. The van der Waals surface area contributed by atoms with Crippen LogP contribution < -0.4 is 11.2 Å². The van der Waals surface area contributed by atoms with E-state index in [0.29, 0.717) is 11.3 Å². The maximum absolute atomic E-state index is 10.3. The highest BCUT2D eigenvalue weighted by atomic mass is 16.4. The van der Waals surface area contributed by atoms with Crippen LogP contribution in [-0.2, 0) is 4.79 Å². The third-order valence-electron chi connectivity index (χ3n) is 1.79. The second kappa shape index (κ2) is 4.63.